The third kappa shape index (κ3) is 3.56. The molecule has 5 nitrogen and oxygen atoms in total. The van der Waals surface area contributed by atoms with Gasteiger partial charge in [-0.15, -0.1) is 0 Å². The van der Waals surface area contributed by atoms with Gasteiger partial charge in [0.1, 0.15) is 0 Å². The molecule has 0 aliphatic carbocycles. The molecule has 1 aromatic carbocycles. The average Bonchev–Trinajstić information content (AvgIpc) is 2.46. The molecule has 112 valence electrons. The molecule has 0 aliphatic rings. The van der Waals surface area contributed by atoms with Gasteiger partial charge in [0, 0.05) is 18.7 Å². The minimum atomic E-state index is -0.0337. The molecule has 5 heteroatoms. The van der Waals surface area contributed by atoms with Crippen molar-refractivity contribution in [2.24, 2.45) is 0 Å². The van der Waals surface area contributed by atoms with Gasteiger partial charge in [-0.05, 0) is 25.5 Å². The van der Waals surface area contributed by atoms with Crippen LogP contribution in [-0.4, -0.2) is 38.1 Å². The molecule has 0 aromatic heterocycles. The van der Waals surface area contributed by atoms with Gasteiger partial charge in [-0.1, -0.05) is 13.3 Å². The number of hydrogen-bond acceptors (Lipinski definition) is 4. The van der Waals surface area contributed by atoms with E-state index in [1.165, 1.54) is 14.2 Å². The number of amides is 1. The Hall–Kier alpha value is -1.91. The van der Waals surface area contributed by atoms with E-state index in [9.17, 15) is 4.79 Å². The lowest BCUT2D eigenvalue weighted by Crippen LogP contribution is -2.31. The molecule has 0 spiro atoms. The molecule has 0 fully saturated rings. The SMILES string of the molecule is CCCCN(CC)C(=O)c1cc(N)c(OC)c(OC)c1. The van der Waals surface area contributed by atoms with Gasteiger partial charge >= 0.3 is 0 Å². The minimum absolute atomic E-state index is 0.0337. The molecule has 0 bridgehead atoms. The van der Waals surface area contributed by atoms with Crippen molar-refractivity contribution in [3.63, 3.8) is 0 Å². The van der Waals surface area contributed by atoms with Crippen LogP contribution in [0.5, 0.6) is 11.5 Å². The Morgan fingerprint density at radius 2 is 1.95 bits per heavy atom. The summed E-state index contributed by atoms with van der Waals surface area (Å²) in [5, 5.41) is 0. The van der Waals surface area contributed by atoms with Crippen LogP contribution in [0.4, 0.5) is 5.69 Å². The number of carbonyl (C=O) groups is 1. The van der Waals surface area contributed by atoms with Crippen LogP contribution in [-0.2, 0) is 0 Å². The number of rotatable bonds is 7. The first-order chi connectivity index (χ1) is 9.58. The smallest absolute Gasteiger partial charge is 0.254 e. The van der Waals surface area contributed by atoms with Crippen LogP contribution in [0.25, 0.3) is 0 Å². The molecule has 0 aliphatic heterocycles. The van der Waals surface area contributed by atoms with Gasteiger partial charge in [0.05, 0.1) is 19.9 Å². The Bertz CT molecular complexity index is 461. The highest BCUT2D eigenvalue weighted by Crippen LogP contribution is 2.34. The Balaban J connectivity index is 3.06. The molecule has 0 radical (unpaired) electrons. The van der Waals surface area contributed by atoms with Crippen LogP contribution >= 0.6 is 0 Å². The van der Waals surface area contributed by atoms with Crippen molar-refractivity contribution < 1.29 is 14.3 Å². The molecule has 0 unspecified atom stereocenters. The zero-order chi connectivity index (χ0) is 15.1. The van der Waals surface area contributed by atoms with Gasteiger partial charge in [0.25, 0.3) is 5.91 Å². The number of carbonyl (C=O) groups excluding carboxylic acids is 1. The van der Waals surface area contributed by atoms with Crippen molar-refractivity contribution >= 4 is 11.6 Å². The second kappa shape index (κ2) is 7.62. The first-order valence-corrected chi connectivity index (χ1v) is 6.89. The quantitative estimate of drug-likeness (QED) is 0.780. The van der Waals surface area contributed by atoms with Crippen LogP contribution < -0.4 is 15.2 Å². The normalized spacial score (nSPS) is 10.2. The van der Waals surface area contributed by atoms with Gasteiger partial charge < -0.3 is 20.1 Å². The molecule has 1 rings (SSSR count). The third-order valence-electron chi connectivity index (χ3n) is 3.21. The molecule has 0 atom stereocenters. The Morgan fingerprint density at radius 1 is 1.25 bits per heavy atom. The molecule has 1 amide bonds. The topological polar surface area (TPSA) is 64.8 Å². The molecular formula is C15H24N2O3. The largest absolute Gasteiger partial charge is 0.493 e. The summed E-state index contributed by atoms with van der Waals surface area (Å²) in [6.45, 7) is 5.50. The maximum absolute atomic E-state index is 12.5. The second-order valence-electron chi connectivity index (χ2n) is 4.54. The van der Waals surface area contributed by atoms with E-state index in [4.69, 9.17) is 15.2 Å². The summed E-state index contributed by atoms with van der Waals surface area (Å²) in [4.78, 5) is 14.3. The van der Waals surface area contributed by atoms with E-state index in [1.807, 2.05) is 11.8 Å². The predicted octanol–water partition coefficient (Wildman–Crippen LogP) is 2.55. The van der Waals surface area contributed by atoms with Crippen molar-refractivity contribution in [3.8, 4) is 11.5 Å². The van der Waals surface area contributed by atoms with E-state index < -0.39 is 0 Å². The Kier molecular flexibility index (Phi) is 6.15. The average molecular weight is 280 g/mol. The van der Waals surface area contributed by atoms with E-state index in [0.29, 0.717) is 29.3 Å². The molecule has 0 saturated carbocycles. The predicted molar refractivity (Wildman–Crippen MR) is 80.4 cm³/mol. The van der Waals surface area contributed by atoms with Crippen molar-refractivity contribution in [2.75, 3.05) is 33.0 Å². The summed E-state index contributed by atoms with van der Waals surface area (Å²) in [7, 11) is 3.05. The minimum Gasteiger partial charge on any atom is -0.493 e. The lowest BCUT2D eigenvalue weighted by Gasteiger charge is -2.21. The van der Waals surface area contributed by atoms with Gasteiger partial charge in [0.15, 0.2) is 11.5 Å². The lowest BCUT2D eigenvalue weighted by molar-refractivity contribution is 0.0762. The van der Waals surface area contributed by atoms with Gasteiger partial charge in [-0.3, -0.25) is 4.79 Å². The summed E-state index contributed by atoms with van der Waals surface area (Å²) in [5.74, 6) is 0.900. The van der Waals surface area contributed by atoms with Crippen LogP contribution in [0.3, 0.4) is 0 Å². The number of ether oxygens (including phenoxy) is 2. The highest BCUT2D eigenvalue weighted by Gasteiger charge is 2.18. The summed E-state index contributed by atoms with van der Waals surface area (Å²) >= 11 is 0. The standard InChI is InChI=1S/C15H24N2O3/c1-5-7-8-17(6-2)15(18)11-9-12(16)14(20-4)13(10-11)19-3/h9-10H,5-8,16H2,1-4H3. The second-order valence-corrected chi connectivity index (χ2v) is 4.54. The number of hydrogen-bond donors (Lipinski definition) is 1. The zero-order valence-electron chi connectivity index (χ0n) is 12.7. The van der Waals surface area contributed by atoms with Gasteiger partial charge in [0.2, 0.25) is 0 Å². The molecule has 1 aromatic rings. The van der Waals surface area contributed by atoms with Gasteiger partial charge in [-0.2, -0.15) is 0 Å². The summed E-state index contributed by atoms with van der Waals surface area (Å²) in [6.07, 6.45) is 2.04. The van der Waals surface area contributed by atoms with Gasteiger partial charge in [-0.25, -0.2) is 0 Å². The van der Waals surface area contributed by atoms with Crippen LogP contribution in [0.15, 0.2) is 12.1 Å². The van der Waals surface area contributed by atoms with E-state index in [-0.39, 0.29) is 5.91 Å². The highest BCUT2D eigenvalue weighted by atomic mass is 16.5. The lowest BCUT2D eigenvalue weighted by atomic mass is 10.1. The van der Waals surface area contributed by atoms with Crippen molar-refractivity contribution in [2.45, 2.75) is 26.7 Å². The first-order valence-electron chi connectivity index (χ1n) is 6.89. The van der Waals surface area contributed by atoms with Crippen molar-refractivity contribution in [3.05, 3.63) is 17.7 Å². The molecular weight excluding hydrogens is 256 g/mol. The van der Waals surface area contributed by atoms with E-state index in [1.54, 1.807) is 12.1 Å². The highest BCUT2D eigenvalue weighted by molar-refractivity contribution is 5.96. The fourth-order valence-corrected chi connectivity index (χ4v) is 2.05. The number of unbranched alkanes of at least 4 members (excludes halogenated alkanes) is 1. The maximum atomic E-state index is 12.5. The number of methoxy groups -OCH3 is 2. The number of benzene rings is 1. The molecule has 2 N–H and O–H groups in total. The summed E-state index contributed by atoms with van der Waals surface area (Å²) < 4.78 is 10.4. The first kappa shape index (κ1) is 16.1. The molecule has 0 heterocycles. The Morgan fingerprint density at radius 3 is 2.45 bits per heavy atom. The fraction of sp³-hybridized carbons (Fsp3) is 0.533. The van der Waals surface area contributed by atoms with E-state index >= 15 is 0 Å². The molecule has 20 heavy (non-hydrogen) atoms. The third-order valence-corrected chi connectivity index (χ3v) is 3.21. The Labute approximate surface area is 120 Å². The maximum Gasteiger partial charge on any atom is 0.254 e. The number of nitrogen functional groups attached to an aromatic ring is 1. The molecule has 0 saturated heterocycles. The monoisotopic (exact) mass is 280 g/mol. The zero-order valence-corrected chi connectivity index (χ0v) is 12.7. The van der Waals surface area contributed by atoms with Crippen LogP contribution in [0.1, 0.15) is 37.0 Å². The van der Waals surface area contributed by atoms with Crippen molar-refractivity contribution in [1.29, 1.82) is 0 Å². The van der Waals surface area contributed by atoms with Crippen LogP contribution in [0, 0.1) is 0 Å². The number of nitrogens with zero attached hydrogens (tertiary/aromatic N) is 1. The fourth-order valence-electron chi connectivity index (χ4n) is 2.05. The summed E-state index contributed by atoms with van der Waals surface area (Å²) in [6, 6.07) is 3.31. The number of nitrogens with two attached hydrogens (primary N) is 1. The number of anilines is 1. The van der Waals surface area contributed by atoms with Crippen molar-refractivity contribution in [1.82, 2.24) is 4.90 Å². The van der Waals surface area contributed by atoms with E-state index in [2.05, 4.69) is 6.92 Å². The van der Waals surface area contributed by atoms with E-state index in [0.717, 1.165) is 19.4 Å². The van der Waals surface area contributed by atoms with Crippen LogP contribution in [0.2, 0.25) is 0 Å². The summed E-state index contributed by atoms with van der Waals surface area (Å²) in [5.41, 5.74) is 6.84.